The highest BCUT2D eigenvalue weighted by atomic mass is 16.5. The van der Waals surface area contributed by atoms with Crippen molar-refractivity contribution in [2.75, 3.05) is 25.6 Å². The van der Waals surface area contributed by atoms with E-state index >= 15 is 0 Å². The number of nitrogens with zero attached hydrogens (tertiary/aromatic N) is 1. The zero-order valence-electron chi connectivity index (χ0n) is 16.5. The zero-order valence-corrected chi connectivity index (χ0v) is 16.5. The Labute approximate surface area is 165 Å². The summed E-state index contributed by atoms with van der Waals surface area (Å²) in [6, 6.07) is 11.7. The lowest BCUT2D eigenvalue weighted by atomic mass is 10.3. The van der Waals surface area contributed by atoms with E-state index < -0.39 is 0 Å². The molecule has 6 heteroatoms. The summed E-state index contributed by atoms with van der Waals surface area (Å²) in [5, 5.41) is 3.00. The number of benzene rings is 1. The van der Waals surface area contributed by atoms with E-state index in [1.165, 1.54) is 6.42 Å². The van der Waals surface area contributed by atoms with Gasteiger partial charge in [0, 0.05) is 30.8 Å². The highest BCUT2D eigenvalue weighted by Gasteiger charge is 2.37. The van der Waals surface area contributed by atoms with Crippen molar-refractivity contribution in [1.29, 1.82) is 0 Å². The summed E-state index contributed by atoms with van der Waals surface area (Å²) in [6.45, 7) is 3.74. The first-order valence-corrected chi connectivity index (χ1v) is 10.0. The van der Waals surface area contributed by atoms with Crippen molar-refractivity contribution in [2.24, 2.45) is 5.92 Å². The van der Waals surface area contributed by atoms with Gasteiger partial charge in [-0.3, -0.25) is 0 Å². The van der Waals surface area contributed by atoms with Crippen molar-refractivity contribution in [2.45, 2.75) is 44.7 Å². The van der Waals surface area contributed by atoms with E-state index in [0.717, 1.165) is 30.0 Å². The minimum Gasteiger partial charge on any atom is -0.491 e. The molecule has 0 radical (unpaired) electrons. The van der Waals surface area contributed by atoms with Gasteiger partial charge < -0.3 is 24.1 Å². The van der Waals surface area contributed by atoms with Gasteiger partial charge >= 0.3 is 6.03 Å². The normalized spacial score (nSPS) is 20.6. The van der Waals surface area contributed by atoms with E-state index in [4.69, 9.17) is 13.9 Å². The second kappa shape index (κ2) is 8.27. The molecular weight excluding hydrogens is 356 g/mol. The number of amides is 2. The molecule has 2 atom stereocenters. The molecule has 2 saturated carbocycles. The fraction of sp³-hybridized carbons (Fsp3) is 0.500. The van der Waals surface area contributed by atoms with Crippen molar-refractivity contribution in [3.8, 4) is 5.75 Å². The van der Waals surface area contributed by atoms with E-state index in [0.29, 0.717) is 37.3 Å². The summed E-state index contributed by atoms with van der Waals surface area (Å²) >= 11 is 0. The van der Waals surface area contributed by atoms with E-state index in [1.807, 2.05) is 35.2 Å². The molecule has 2 aliphatic carbocycles. The number of methoxy groups -OCH3 is 1. The molecule has 0 aliphatic heterocycles. The van der Waals surface area contributed by atoms with Gasteiger partial charge in [0.15, 0.2) is 0 Å². The molecule has 0 spiro atoms. The summed E-state index contributed by atoms with van der Waals surface area (Å²) in [4.78, 5) is 14.8. The average molecular weight is 384 g/mol. The van der Waals surface area contributed by atoms with Crippen molar-refractivity contribution in [3.05, 3.63) is 47.9 Å². The quantitative estimate of drug-likeness (QED) is 0.641. The predicted octanol–water partition coefficient (Wildman–Crippen LogP) is 4.62. The Balaban J connectivity index is 1.37. The van der Waals surface area contributed by atoms with Gasteiger partial charge in [0.1, 0.15) is 23.9 Å². The Hall–Kier alpha value is -2.47. The van der Waals surface area contributed by atoms with Gasteiger partial charge in [0.05, 0.1) is 13.2 Å². The summed E-state index contributed by atoms with van der Waals surface area (Å²) in [6.07, 6.45) is 3.28. The number of carbonyl (C=O) groups is 1. The van der Waals surface area contributed by atoms with Crippen LogP contribution in [-0.2, 0) is 11.3 Å². The maximum absolute atomic E-state index is 12.9. The van der Waals surface area contributed by atoms with E-state index in [9.17, 15) is 4.79 Å². The number of rotatable bonds is 9. The molecule has 2 unspecified atom stereocenters. The lowest BCUT2D eigenvalue weighted by molar-refractivity contribution is 0.146. The Morgan fingerprint density at radius 3 is 2.79 bits per heavy atom. The SMILES string of the molecule is COCCOc1cccc(NC(=O)N(Cc2ccc(C3CC3C)o2)C2CC2)c1. The first kappa shape index (κ1) is 18.9. The van der Waals surface area contributed by atoms with Gasteiger partial charge in [-0.1, -0.05) is 13.0 Å². The van der Waals surface area contributed by atoms with Crippen LogP contribution in [0.1, 0.15) is 43.6 Å². The van der Waals surface area contributed by atoms with Gasteiger partial charge in [-0.2, -0.15) is 0 Å². The minimum atomic E-state index is -0.103. The first-order valence-electron chi connectivity index (χ1n) is 10.0. The molecule has 150 valence electrons. The van der Waals surface area contributed by atoms with Crippen LogP contribution in [-0.4, -0.2) is 37.3 Å². The maximum atomic E-state index is 12.9. The molecule has 1 N–H and O–H groups in total. The number of furan rings is 1. The molecule has 28 heavy (non-hydrogen) atoms. The summed E-state index contributed by atoms with van der Waals surface area (Å²) in [5.41, 5.74) is 0.720. The molecule has 1 aromatic carbocycles. The number of carbonyl (C=O) groups excluding carboxylic acids is 1. The Morgan fingerprint density at radius 1 is 1.25 bits per heavy atom. The Kier molecular flexibility index (Phi) is 5.57. The van der Waals surface area contributed by atoms with Crippen LogP contribution in [0.4, 0.5) is 10.5 Å². The van der Waals surface area contributed by atoms with Crippen LogP contribution in [0.5, 0.6) is 5.75 Å². The number of urea groups is 1. The van der Waals surface area contributed by atoms with Gasteiger partial charge in [0.2, 0.25) is 0 Å². The minimum absolute atomic E-state index is 0.103. The number of ether oxygens (including phenoxy) is 2. The molecule has 0 saturated heterocycles. The average Bonchev–Trinajstić information content (AvgIpc) is 3.60. The van der Waals surface area contributed by atoms with Crippen LogP contribution in [0.3, 0.4) is 0 Å². The molecule has 4 rings (SSSR count). The smallest absolute Gasteiger partial charge is 0.322 e. The van der Waals surface area contributed by atoms with Crippen LogP contribution < -0.4 is 10.1 Å². The van der Waals surface area contributed by atoms with E-state index in [1.54, 1.807) is 7.11 Å². The van der Waals surface area contributed by atoms with Crippen molar-refractivity contribution >= 4 is 11.7 Å². The molecule has 0 bridgehead atoms. The molecule has 2 aromatic rings. The Morgan fingerprint density at radius 2 is 2.07 bits per heavy atom. The standard InChI is InChI=1S/C22H28N2O4/c1-15-12-20(15)21-9-8-19(28-21)14-24(17-6-7-17)22(25)23-16-4-3-5-18(13-16)27-11-10-26-2/h3-5,8-9,13,15,17,20H,6-7,10-12,14H2,1-2H3,(H,23,25). The maximum Gasteiger partial charge on any atom is 0.322 e. The fourth-order valence-electron chi connectivity index (χ4n) is 3.42. The lowest BCUT2D eigenvalue weighted by Gasteiger charge is -2.22. The first-order chi connectivity index (χ1) is 13.6. The molecule has 2 amide bonds. The third kappa shape index (κ3) is 4.68. The number of hydrogen-bond acceptors (Lipinski definition) is 4. The molecule has 6 nitrogen and oxygen atoms in total. The third-order valence-electron chi connectivity index (χ3n) is 5.37. The lowest BCUT2D eigenvalue weighted by Crippen LogP contribution is -2.36. The molecule has 1 heterocycles. The number of nitrogens with one attached hydrogen (secondary N) is 1. The van der Waals surface area contributed by atoms with Gasteiger partial charge in [-0.25, -0.2) is 4.79 Å². The van der Waals surface area contributed by atoms with E-state index in [-0.39, 0.29) is 12.1 Å². The van der Waals surface area contributed by atoms with Gasteiger partial charge in [-0.05, 0) is 49.4 Å². The van der Waals surface area contributed by atoms with Crippen LogP contribution >= 0.6 is 0 Å². The highest BCUT2D eigenvalue weighted by molar-refractivity contribution is 5.89. The summed E-state index contributed by atoms with van der Waals surface area (Å²) < 4.78 is 16.6. The van der Waals surface area contributed by atoms with Gasteiger partial charge in [0.25, 0.3) is 0 Å². The molecule has 2 aliphatic rings. The number of anilines is 1. The second-order valence-electron chi connectivity index (χ2n) is 7.78. The predicted molar refractivity (Wildman–Crippen MR) is 107 cm³/mol. The van der Waals surface area contributed by atoms with Crippen molar-refractivity contribution in [1.82, 2.24) is 4.90 Å². The highest BCUT2D eigenvalue weighted by Crippen LogP contribution is 2.47. The van der Waals surface area contributed by atoms with Crippen LogP contribution in [0.25, 0.3) is 0 Å². The van der Waals surface area contributed by atoms with Crippen LogP contribution in [0.15, 0.2) is 40.8 Å². The zero-order chi connectivity index (χ0) is 19.5. The molecule has 2 fully saturated rings. The topological polar surface area (TPSA) is 63.9 Å². The van der Waals surface area contributed by atoms with Crippen molar-refractivity contribution in [3.63, 3.8) is 0 Å². The summed E-state index contributed by atoms with van der Waals surface area (Å²) in [5.74, 6) is 3.88. The van der Waals surface area contributed by atoms with E-state index in [2.05, 4.69) is 18.3 Å². The molecule has 1 aromatic heterocycles. The van der Waals surface area contributed by atoms with Gasteiger partial charge in [-0.15, -0.1) is 0 Å². The van der Waals surface area contributed by atoms with Crippen LogP contribution in [0, 0.1) is 5.92 Å². The Bertz CT molecular complexity index is 814. The largest absolute Gasteiger partial charge is 0.491 e. The van der Waals surface area contributed by atoms with Crippen molar-refractivity contribution < 1.29 is 18.7 Å². The number of hydrogen-bond donors (Lipinski definition) is 1. The third-order valence-corrected chi connectivity index (χ3v) is 5.37. The summed E-state index contributed by atoms with van der Waals surface area (Å²) in [7, 11) is 1.64. The van der Waals surface area contributed by atoms with Crippen LogP contribution in [0.2, 0.25) is 0 Å². The molecular formula is C22H28N2O4. The second-order valence-corrected chi connectivity index (χ2v) is 7.78. The fourth-order valence-corrected chi connectivity index (χ4v) is 3.42. The monoisotopic (exact) mass is 384 g/mol.